The van der Waals surface area contributed by atoms with Crippen LogP contribution in [0.1, 0.15) is 12.1 Å². The van der Waals surface area contributed by atoms with Crippen LogP contribution in [-0.2, 0) is 16.0 Å². The number of hydrogen-bond donors (Lipinski definition) is 0. The molecular formula is C22H22FN3O2. The summed E-state index contributed by atoms with van der Waals surface area (Å²) in [5, 5.41) is 1.96. The zero-order valence-electron chi connectivity index (χ0n) is 15.6. The molecule has 144 valence electrons. The lowest BCUT2D eigenvalue weighted by Crippen LogP contribution is -2.37. The average molecular weight is 379 g/mol. The van der Waals surface area contributed by atoms with Gasteiger partial charge in [0.1, 0.15) is 11.6 Å². The highest BCUT2D eigenvalue weighted by molar-refractivity contribution is 5.88. The molecule has 4 rings (SSSR count). The SMILES string of the molecule is O=C(CCN1CCOCC1)Cc1cc2cc(-c3cncc(F)c3)ccc2cn1. The third-order valence-electron chi connectivity index (χ3n) is 5.01. The lowest BCUT2D eigenvalue weighted by atomic mass is 10.0. The molecule has 3 aromatic rings. The second-order valence-electron chi connectivity index (χ2n) is 7.05. The van der Waals surface area contributed by atoms with E-state index in [1.807, 2.05) is 24.3 Å². The Morgan fingerprint density at radius 3 is 2.71 bits per heavy atom. The van der Waals surface area contributed by atoms with Crippen LogP contribution in [0.3, 0.4) is 0 Å². The molecule has 0 N–H and O–H groups in total. The molecule has 0 bridgehead atoms. The number of carbonyl (C=O) groups is 1. The monoisotopic (exact) mass is 379 g/mol. The van der Waals surface area contributed by atoms with Crippen LogP contribution in [0.4, 0.5) is 4.39 Å². The van der Waals surface area contributed by atoms with Crippen LogP contribution in [-0.4, -0.2) is 53.5 Å². The Bertz CT molecular complexity index is 986. The number of benzene rings is 1. The minimum atomic E-state index is -0.362. The quantitative estimate of drug-likeness (QED) is 0.658. The number of Topliss-reactive ketones (excluding diaryl/α,β-unsaturated/α-hetero) is 1. The highest BCUT2D eigenvalue weighted by Crippen LogP contribution is 2.24. The van der Waals surface area contributed by atoms with Crippen LogP contribution < -0.4 is 0 Å². The number of ketones is 1. The van der Waals surface area contributed by atoms with Gasteiger partial charge in [-0.05, 0) is 29.1 Å². The normalized spacial score (nSPS) is 15.0. The Morgan fingerprint density at radius 2 is 1.89 bits per heavy atom. The summed E-state index contributed by atoms with van der Waals surface area (Å²) in [6, 6.07) is 9.26. The predicted molar refractivity (Wildman–Crippen MR) is 106 cm³/mol. The van der Waals surface area contributed by atoms with E-state index in [-0.39, 0.29) is 11.6 Å². The predicted octanol–water partition coefficient (Wildman–Crippen LogP) is 3.27. The minimum absolute atomic E-state index is 0.184. The smallest absolute Gasteiger partial charge is 0.142 e. The summed E-state index contributed by atoms with van der Waals surface area (Å²) >= 11 is 0. The van der Waals surface area contributed by atoms with Crippen molar-refractivity contribution >= 4 is 16.6 Å². The summed E-state index contributed by atoms with van der Waals surface area (Å²) in [5.74, 6) is -0.178. The second kappa shape index (κ2) is 8.54. The summed E-state index contributed by atoms with van der Waals surface area (Å²) in [6.45, 7) is 4.03. The van der Waals surface area contributed by atoms with Gasteiger partial charge in [0.25, 0.3) is 0 Å². The van der Waals surface area contributed by atoms with Gasteiger partial charge in [0.15, 0.2) is 0 Å². The number of pyridine rings is 2. The van der Waals surface area contributed by atoms with Gasteiger partial charge in [0, 0.05) is 61.5 Å². The van der Waals surface area contributed by atoms with E-state index >= 15 is 0 Å². The van der Waals surface area contributed by atoms with Crippen molar-refractivity contribution in [2.45, 2.75) is 12.8 Å². The largest absolute Gasteiger partial charge is 0.379 e. The molecule has 1 aromatic carbocycles. The first-order valence-corrected chi connectivity index (χ1v) is 9.49. The lowest BCUT2D eigenvalue weighted by Gasteiger charge is -2.26. The van der Waals surface area contributed by atoms with E-state index in [9.17, 15) is 9.18 Å². The molecule has 0 spiro atoms. The van der Waals surface area contributed by atoms with Crippen molar-refractivity contribution in [3.05, 3.63) is 60.4 Å². The van der Waals surface area contributed by atoms with E-state index in [1.165, 1.54) is 12.3 Å². The standard InChI is InChI=1S/C22H22FN3O2/c23-20-10-19(13-24-15-20)16-1-2-17-14-25-21(11-18(17)9-16)12-22(27)3-4-26-5-7-28-8-6-26/h1-2,9-11,13-15H,3-8,12H2. The molecule has 2 aromatic heterocycles. The minimum Gasteiger partial charge on any atom is -0.379 e. The molecule has 0 radical (unpaired) electrons. The fourth-order valence-corrected chi connectivity index (χ4v) is 3.43. The topological polar surface area (TPSA) is 55.3 Å². The van der Waals surface area contributed by atoms with Crippen LogP contribution >= 0.6 is 0 Å². The lowest BCUT2D eigenvalue weighted by molar-refractivity contribution is -0.119. The molecule has 0 atom stereocenters. The zero-order valence-corrected chi connectivity index (χ0v) is 15.6. The van der Waals surface area contributed by atoms with Crippen LogP contribution in [0.25, 0.3) is 21.9 Å². The van der Waals surface area contributed by atoms with E-state index in [0.29, 0.717) is 12.8 Å². The maximum absolute atomic E-state index is 13.5. The number of aromatic nitrogens is 2. The van der Waals surface area contributed by atoms with Gasteiger partial charge in [-0.15, -0.1) is 0 Å². The maximum Gasteiger partial charge on any atom is 0.142 e. The summed E-state index contributed by atoms with van der Waals surface area (Å²) in [6.07, 6.45) is 5.46. The molecule has 0 unspecified atom stereocenters. The Balaban J connectivity index is 1.46. The Morgan fingerprint density at radius 1 is 1.04 bits per heavy atom. The molecule has 1 fully saturated rings. The number of morpholine rings is 1. The molecule has 0 amide bonds. The van der Waals surface area contributed by atoms with Crippen molar-refractivity contribution in [1.82, 2.24) is 14.9 Å². The van der Waals surface area contributed by atoms with E-state index < -0.39 is 0 Å². The molecule has 0 saturated carbocycles. The Labute approximate surface area is 163 Å². The van der Waals surface area contributed by atoms with Gasteiger partial charge in [-0.1, -0.05) is 12.1 Å². The molecule has 1 saturated heterocycles. The summed E-state index contributed by atoms with van der Waals surface area (Å²) < 4.78 is 18.8. The number of ether oxygens (including phenoxy) is 1. The van der Waals surface area contributed by atoms with Crippen molar-refractivity contribution in [3.63, 3.8) is 0 Å². The fourth-order valence-electron chi connectivity index (χ4n) is 3.43. The van der Waals surface area contributed by atoms with Crippen molar-refractivity contribution in [2.24, 2.45) is 0 Å². The molecular weight excluding hydrogens is 357 g/mol. The number of fused-ring (bicyclic) bond motifs is 1. The first-order valence-electron chi connectivity index (χ1n) is 9.49. The third kappa shape index (κ3) is 4.58. The number of halogens is 1. The average Bonchev–Trinajstić information content (AvgIpc) is 2.72. The highest BCUT2D eigenvalue weighted by Gasteiger charge is 2.13. The van der Waals surface area contributed by atoms with Crippen molar-refractivity contribution in [3.8, 4) is 11.1 Å². The van der Waals surface area contributed by atoms with Gasteiger partial charge in [0.05, 0.1) is 19.4 Å². The van der Waals surface area contributed by atoms with Gasteiger partial charge in [0.2, 0.25) is 0 Å². The maximum atomic E-state index is 13.5. The van der Waals surface area contributed by atoms with Gasteiger partial charge in [-0.3, -0.25) is 19.7 Å². The summed E-state index contributed by atoms with van der Waals surface area (Å²) in [7, 11) is 0. The molecule has 6 heteroatoms. The number of carbonyl (C=O) groups excluding carboxylic acids is 1. The van der Waals surface area contributed by atoms with E-state index in [4.69, 9.17) is 4.74 Å². The molecule has 28 heavy (non-hydrogen) atoms. The van der Waals surface area contributed by atoms with Crippen molar-refractivity contribution < 1.29 is 13.9 Å². The number of nitrogens with zero attached hydrogens (tertiary/aromatic N) is 3. The number of hydrogen-bond acceptors (Lipinski definition) is 5. The molecule has 0 aliphatic carbocycles. The summed E-state index contributed by atoms with van der Waals surface area (Å²) in [4.78, 5) is 23.0. The molecule has 3 heterocycles. The molecule has 5 nitrogen and oxygen atoms in total. The number of rotatable bonds is 6. The second-order valence-corrected chi connectivity index (χ2v) is 7.05. The van der Waals surface area contributed by atoms with Crippen molar-refractivity contribution in [2.75, 3.05) is 32.8 Å². The molecule has 1 aliphatic rings. The zero-order chi connectivity index (χ0) is 19.3. The van der Waals surface area contributed by atoms with E-state index in [1.54, 1.807) is 12.4 Å². The van der Waals surface area contributed by atoms with Crippen LogP contribution in [0.5, 0.6) is 0 Å². The summed E-state index contributed by atoms with van der Waals surface area (Å²) in [5.41, 5.74) is 2.37. The van der Waals surface area contributed by atoms with Gasteiger partial charge < -0.3 is 4.74 Å². The molecule has 1 aliphatic heterocycles. The van der Waals surface area contributed by atoms with Crippen LogP contribution in [0.2, 0.25) is 0 Å². The third-order valence-corrected chi connectivity index (χ3v) is 5.01. The van der Waals surface area contributed by atoms with Gasteiger partial charge in [-0.25, -0.2) is 4.39 Å². The Kier molecular flexibility index (Phi) is 5.69. The van der Waals surface area contributed by atoms with Gasteiger partial charge in [-0.2, -0.15) is 0 Å². The van der Waals surface area contributed by atoms with Crippen LogP contribution in [0, 0.1) is 5.82 Å². The van der Waals surface area contributed by atoms with Crippen molar-refractivity contribution in [1.29, 1.82) is 0 Å². The first kappa shape index (κ1) is 18.7. The Hall–Kier alpha value is -2.70. The van der Waals surface area contributed by atoms with Gasteiger partial charge >= 0.3 is 0 Å². The first-order chi connectivity index (χ1) is 13.7. The van der Waals surface area contributed by atoms with E-state index in [0.717, 1.165) is 60.4 Å². The fraction of sp³-hybridized carbons (Fsp3) is 0.318. The highest BCUT2D eigenvalue weighted by atomic mass is 19.1. The van der Waals surface area contributed by atoms with E-state index in [2.05, 4.69) is 14.9 Å². The van der Waals surface area contributed by atoms with Crippen LogP contribution in [0.15, 0.2) is 48.9 Å².